The summed E-state index contributed by atoms with van der Waals surface area (Å²) in [5.41, 5.74) is -2.51. The Balaban J connectivity index is 1.69. The summed E-state index contributed by atoms with van der Waals surface area (Å²) in [7, 11) is 0. The van der Waals surface area contributed by atoms with Crippen LogP contribution in [0.5, 0.6) is 5.75 Å². The van der Waals surface area contributed by atoms with Gasteiger partial charge in [-0.3, -0.25) is 9.59 Å². The molecule has 0 saturated heterocycles. The molecule has 1 aromatic heterocycles. The van der Waals surface area contributed by atoms with Crippen molar-refractivity contribution in [2.75, 3.05) is 16.8 Å². The van der Waals surface area contributed by atoms with E-state index in [9.17, 15) is 22.8 Å². The molecule has 1 aliphatic carbocycles. The first-order valence-electron chi connectivity index (χ1n) is 11.9. The molecule has 2 aromatic carbocycles. The van der Waals surface area contributed by atoms with Crippen LogP contribution in [0.15, 0.2) is 53.1 Å². The van der Waals surface area contributed by atoms with Gasteiger partial charge in [0.25, 0.3) is 11.8 Å². The van der Waals surface area contributed by atoms with Gasteiger partial charge in [0.05, 0.1) is 16.9 Å². The Labute approximate surface area is 235 Å². The SMILES string of the molecule is CC(C)(F)c1cc(Br)c(NC(=O)c2cccc(N(CC3CC3)C(=O)c3ccnc(Cl)c3)c2F)c(OC(F)F)c1. The van der Waals surface area contributed by atoms with Gasteiger partial charge in [0.2, 0.25) is 0 Å². The van der Waals surface area contributed by atoms with E-state index in [0.717, 1.165) is 18.9 Å². The van der Waals surface area contributed by atoms with Crippen LogP contribution in [0.2, 0.25) is 5.15 Å². The van der Waals surface area contributed by atoms with Crippen LogP contribution in [0.3, 0.4) is 0 Å². The smallest absolute Gasteiger partial charge is 0.387 e. The van der Waals surface area contributed by atoms with Crippen molar-refractivity contribution in [3.05, 3.63) is 80.8 Å². The summed E-state index contributed by atoms with van der Waals surface area (Å²) < 4.78 is 61.2. The largest absolute Gasteiger partial charge is 0.433 e. The van der Waals surface area contributed by atoms with Gasteiger partial charge in [0.1, 0.15) is 10.8 Å². The van der Waals surface area contributed by atoms with Crippen LogP contribution in [-0.2, 0) is 5.67 Å². The zero-order valence-corrected chi connectivity index (χ0v) is 23.1. The Hall–Kier alpha value is -3.18. The number of halogens is 6. The quantitative estimate of drug-likeness (QED) is 0.194. The van der Waals surface area contributed by atoms with E-state index in [4.69, 9.17) is 11.6 Å². The molecule has 6 nitrogen and oxygen atoms in total. The van der Waals surface area contributed by atoms with Crippen LogP contribution in [0, 0.1) is 11.7 Å². The minimum Gasteiger partial charge on any atom is -0.433 e. The van der Waals surface area contributed by atoms with Gasteiger partial charge in [-0.2, -0.15) is 8.78 Å². The number of pyridine rings is 1. The second-order valence-corrected chi connectivity index (χ2v) is 10.7. The lowest BCUT2D eigenvalue weighted by molar-refractivity contribution is -0.0495. The highest BCUT2D eigenvalue weighted by Gasteiger charge is 2.31. The molecule has 0 spiro atoms. The number of alkyl halides is 3. The molecular weight excluding hydrogens is 606 g/mol. The molecule has 0 bridgehead atoms. The molecule has 1 fully saturated rings. The zero-order chi connectivity index (χ0) is 28.5. The maximum absolute atomic E-state index is 15.8. The predicted molar refractivity (Wildman–Crippen MR) is 143 cm³/mol. The normalized spacial score (nSPS) is 13.4. The number of amides is 2. The van der Waals surface area contributed by atoms with Gasteiger partial charge in [-0.25, -0.2) is 13.8 Å². The van der Waals surface area contributed by atoms with Crippen molar-refractivity contribution in [2.45, 2.75) is 39.0 Å². The molecule has 0 radical (unpaired) electrons. The predicted octanol–water partition coefficient (Wildman–Crippen LogP) is 7.75. The van der Waals surface area contributed by atoms with E-state index in [1.165, 1.54) is 61.3 Å². The topological polar surface area (TPSA) is 71.5 Å². The minimum atomic E-state index is -3.27. The number of aromatic nitrogens is 1. The average Bonchev–Trinajstić information content (AvgIpc) is 3.67. The van der Waals surface area contributed by atoms with Crippen LogP contribution in [0.4, 0.5) is 28.9 Å². The summed E-state index contributed by atoms with van der Waals surface area (Å²) in [6.45, 7) is -0.586. The second kappa shape index (κ2) is 11.5. The summed E-state index contributed by atoms with van der Waals surface area (Å²) >= 11 is 9.09. The summed E-state index contributed by atoms with van der Waals surface area (Å²) in [5, 5.41) is 2.46. The van der Waals surface area contributed by atoms with Crippen molar-refractivity contribution >= 4 is 50.7 Å². The first-order valence-corrected chi connectivity index (χ1v) is 13.0. The van der Waals surface area contributed by atoms with E-state index in [1.807, 2.05) is 0 Å². The highest BCUT2D eigenvalue weighted by Crippen LogP contribution is 2.40. The number of nitrogens with one attached hydrogen (secondary N) is 1. The van der Waals surface area contributed by atoms with Crippen LogP contribution in [0.25, 0.3) is 0 Å². The number of rotatable bonds is 9. The van der Waals surface area contributed by atoms with Crippen molar-refractivity contribution in [1.82, 2.24) is 4.98 Å². The number of benzene rings is 2. The number of carbonyl (C=O) groups is 2. The number of hydrogen-bond acceptors (Lipinski definition) is 4. The molecule has 0 aliphatic heterocycles. The van der Waals surface area contributed by atoms with E-state index in [0.29, 0.717) is 0 Å². The Bertz CT molecular complexity index is 1410. The Kier molecular flexibility index (Phi) is 8.51. The molecule has 206 valence electrons. The standard InChI is InChI=1S/C27H23BrClF4N3O3/c1-27(2,33)16-11-18(28)23(20(12-16)39-26(31)32)35-24(37)17-4-3-5-19(22(17)30)36(13-14-6-7-14)25(38)15-8-9-34-21(29)10-15/h3-5,8-12,14,26H,6-7,13H2,1-2H3,(H,35,37). The first-order chi connectivity index (χ1) is 18.3. The molecule has 4 rings (SSSR count). The maximum Gasteiger partial charge on any atom is 0.387 e. The molecule has 1 N–H and O–H groups in total. The highest BCUT2D eigenvalue weighted by atomic mass is 79.9. The fourth-order valence-corrected chi connectivity index (χ4v) is 4.58. The highest BCUT2D eigenvalue weighted by molar-refractivity contribution is 9.10. The van der Waals surface area contributed by atoms with Crippen LogP contribution >= 0.6 is 27.5 Å². The van der Waals surface area contributed by atoms with Gasteiger partial charge in [0.15, 0.2) is 11.6 Å². The molecule has 39 heavy (non-hydrogen) atoms. The zero-order valence-electron chi connectivity index (χ0n) is 20.8. The van der Waals surface area contributed by atoms with Crippen molar-refractivity contribution in [3.8, 4) is 5.75 Å². The molecule has 1 heterocycles. The Morgan fingerprint density at radius 2 is 1.95 bits per heavy atom. The first kappa shape index (κ1) is 28.8. The van der Waals surface area contributed by atoms with Gasteiger partial charge >= 0.3 is 6.61 Å². The van der Waals surface area contributed by atoms with E-state index in [2.05, 4.69) is 31.0 Å². The van der Waals surface area contributed by atoms with Gasteiger partial charge in [-0.1, -0.05) is 17.7 Å². The number of nitrogens with zero attached hydrogens (tertiary/aromatic N) is 2. The lowest BCUT2D eigenvalue weighted by Crippen LogP contribution is -2.34. The molecule has 0 atom stereocenters. The van der Waals surface area contributed by atoms with Crippen molar-refractivity contribution in [3.63, 3.8) is 0 Å². The van der Waals surface area contributed by atoms with E-state index < -0.39 is 41.2 Å². The summed E-state index contributed by atoms with van der Waals surface area (Å²) in [6, 6.07) is 9.12. The number of ether oxygens (including phenoxy) is 1. The van der Waals surface area contributed by atoms with Crippen molar-refractivity contribution in [1.29, 1.82) is 0 Å². The molecule has 1 aliphatic rings. The fourth-order valence-electron chi connectivity index (χ4n) is 3.86. The van der Waals surface area contributed by atoms with E-state index >= 15 is 4.39 Å². The van der Waals surface area contributed by atoms with Crippen LogP contribution in [-0.4, -0.2) is 30.0 Å². The Morgan fingerprint density at radius 3 is 2.56 bits per heavy atom. The van der Waals surface area contributed by atoms with Gasteiger partial charge in [-0.15, -0.1) is 0 Å². The second-order valence-electron chi connectivity index (χ2n) is 9.50. The third kappa shape index (κ3) is 6.88. The molecular formula is C27H23BrClF4N3O3. The van der Waals surface area contributed by atoms with Gasteiger partial charge in [-0.05, 0) is 90.5 Å². The minimum absolute atomic E-state index is 0.0154. The lowest BCUT2D eigenvalue weighted by atomic mass is 9.99. The Morgan fingerprint density at radius 1 is 1.23 bits per heavy atom. The van der Waals surface area contributed by atoms with E-state index in [1.54, 1.807) is 0 Å². The molecule has 0 unspecified atom stereocenters. The lowest BCUT2D eigenvalue weighted by Gasteiger charge is -2.24. The third-order valence-electron chi connectivity index (χ3n) is 6.07. The van der Waals surface area contributed by atoms with Crippen molar-refractivity contribution in [2.24, 2.45) is 5.92 Å². The summed E-state index contributed by atoms with van der Waals surface area (Å²) in [5.74, 6) is -2.84. The third-order valence-corrected chi connectivity index (χ3v) is 6.90. The number of hydrogen-bond donors (Lipinski definition) is 1. The molecule has 1 saturated carbocycles. The fraction of sp³-hybridized carbons (Fsp3) is 0.296. The van der Waals surface area contributed by atoms with E-state index in [-0.39, 0.29) is 44.6 Å². The molecule has 12 heteroatoms. The summed E-state index contributed by atoms with van der Waals surface area (Å²) in [4.78, 5) is 31.6. The van der Waals surface area contributed by atoms with Gasteiger partial charge < -0.3 is 15.0 Å². The maximum atomic E-state index is 15.8. The molecule has 2 amide bonds. The number of anilines is 2. The number of carbonyl (C=O) groups excluding carboxylic acids is 2. The van der Waals surface area contributed by atoms with Crippen LogP contribution < -0.4 is 15.0 Å². The average molecular weight is 629 g/mol. The van der Waals surface area contributed by atoms with Crippen LogP contribution in [0.1, 0.15) is 53.0 Å². The van der Waals surface area contributed by atoms with Gasteiger partial charge in [0, 0.05) is 22.8 Å². The molecule has 3 aromatic rings. The van der Waals surface area contributed by atoms with Crippen molar-refractivity contribution < 1.29 is 31.9 Å². The monoisotopic (exact) mass is 627 g/mol. The summed E-state index contributed by atoms with van der Waals surface area (Å²) in [6.07, 6.45) is 3.10.